The zero-order valence-corrected chi connectivity index (χ0v) is 8.74. The van der Waals surface area contributed by atoms with Gasteiger partial charge in [-0.1, -0.05) is 11.6 Å². The van der Waals surface area contributed by atoms with E-state index in [0.29, 0.717) is 5.15 Å². The summed E-state index contributed by atoms with van der Waals surface area (Å²) < 4.78 is 5.44. The third-order valence-corrected chi connectivity index (χ3v) is 2.39. The maximum Gasteiger partial charge on any atom is 0.134 e. The van der Waals surface area contributed by atoms with Crippen LogP contribution >= 0.6 is 11.6 Å². The van der Waals surface area contributed by atoms with Gasteiger partial charge in [0, 0.05) is 19.2 Å². The van der Waals surface area contributed by atoms with Crippen molar-refractivity contribution in [2.24, 2.45) is 0 Å². The van der Waals surface area contributed by atoms with Crippen molar-refractivity contribution in [1.29, 1.82) is 0 Å². The maximum atomic E-state index is 5.79. The lowest BCUT2D eigenvalue weighted by molar-refractivity contribution is 0.0529. The molecule has 0 radical (unpaired) electrons. The summed E-state index contributed by atoms with van der Waals surface area (Å²) in [4.78, 5) is 10.2. The van der Waals surface area contributed by atoms with Crippen LogP contribution in [0.5, 0.6) is 0 Å². The van der Waals surface area contributed by atoms with Gasteiger partial charge >= 0.3 is 0 Å². The van der Waals surface area contributed by atoms with Crippen LogP contribution in [0.1, 0.15) is 6.92 Å². The average Bonchev–Trinajstić information content (AvgIpc) is 2.18. The zero-order chi connectivity index (χ0) is 9.97. The number of nitrogens with zero attached hydrogens (tertiary/aromatic N) is 3. The summed E-state index contributed by atoms with van der Waals surface area (Å²) in [6, 6.07) is 1.78. The van der Waals surface area contributed by atoms with Gasteiger partial charge in [0.1, 0.15) is 17.3 Å². The largest absolute Gasteiger partial charge is 0.375 e. The summed E-state index contributed by atoms with van der Waals surface area (Å²) >= 11 is 5.79. The van der Waals surface area contributed by atoms with E-state index in [2.05, 4.69) is 21.8 Å². The Morgan fingerprint density at radius 2 is 2.43 bits per heavy atom. The fraction of sp³-hybridized carbons (Fsp3) is 0.556. The van der Waals surface area contributed by atoms with Gasteiger partial charge in [0.25, 0.3) is 0 Å². The quantitative estimate of drug-likeness (QED) is 0.661. The van der Waals surface area contributed by atoms with Crippen LogP contribution < -0.4 is 4.90 Å². The second-order valence-electron chi connectivity index (χ2n) is 3.33. The third-order valence-electron chi connectivity index (χ3n) is 2.18. The normalized spacial score (nSPS) is 22.4. The van der Waals surface area contributed by atoms with Crippen molar-refractivity contribution in [3.8, 4) is 0 Å². The van der Waals surface area contributed by atoms with E-state index in [1.54, 1.807) is 6.07 Å². The number of hydrogen-bond acceptors (Lipinski definition) is 4. The van der Waals surface area contributed by atoms with Crippen LogP contribution in [-0.4, -0.2) is 35.8 Å². The first-order chi connectivity index (χ1) is 6.75. The Kier molecular flexibility index (Phi) is 2.84. The lowest BCUT2D eigenvalue weighted by Gasteiger charge is -2.31. The molecule has 14 heavy (non-hydrogen) atoms. The Hall–Kier alpha value is -0.870. The molecule has 1 atom stereocenters. The Balaban J connectivity index is 2.14. The van der Waals surface area contributed by atoms with Gasteiger partial charge in [-0.3, -0.25) is 0 Å². The second-order valence-corrected chi connectivity index (χ2v) is 3.71. The van der Waals surface area contributed by atoms with E-state index >= 15 is 0 Å². The number of ether oxygens (including phenoxy) is 1. The van der Waals surface area contributed by atoms with E-state index in [1.165, 1.54) is 6.33 Å². The van der Waals surface area contributed by atoms with E-state index < -0.39 is 0 Å². The molecule has 0 unspecified atom stereocenters. The van der Waals surface area contributed by atoms with E-state index in [-0.39, 0.29) is 6.10 Å². The highest BCUT2D eigenvalue weighted by molar-refractivity contribution is 6.29. The Labute approximate surface area is 87.9 Å². The molecule has 2 rings (SSSR count). The molecule has 0 amide bonds. The number of hydrogen-bond donors (Lipinski definition) is 0. The summed E-state index contributed by atoms with van der Waals surface area (Å²) in [7, 11) is 0. The summed E-state index contributed by atoms with van der Waals surface area (Å²) in [5, 5.41) is 0.481. The lowest BCUT2D eigenvalue weighted by Crippen LogP contribution is -2.41. The SMILES string of the molecule is C[C@H]1CN(c2cc(Cl)ncn2)CCO1. The molecule has 0 bridgehead atoms. The van der Waals surface area contributed by atoms with Crippen LogP contribution in [0.25, 0.3) is 0 Å². The molecule has 1 fully saturated rings. The van der Waals surface area contributed by atoms with Crippen molar-refractivity contribution in [3.05, 3.63) is 17.5 Å². The fourth-order valence-electron chi connectivity index (χ4n) is 1.52. The van der Waals surface area contributed by atoms with Gasteiger partial charge in [0.05, 0.1) is 12.7 Å². The first-order valence-corrected chi connectivity index (χ1v) is 4.97. The van der Waals surface area contributed by atoms with Gasteiger partial charge in [0.2, 0.25) is 0 Å². The van der Waals surface area contributed by atoms with Crippen molar-refractivity contribution in [1.82, 2.24) is 9.97 Å². The predicted molar refractivity (Wildman–Crippen MR) is 54.7 cm³/mol. The molecule has 1 aromatic heterocycles. The van der Waals surface area contributed by atoms with Crippen molar-refractivity contribution in [3.63, 3.8) is 0 Å². The molecule has 1 saturated heterocycles. The molecule has 2 heterocycles. The van der Waals surface area contributed by atoms with Crippen LogP contribution in [0.3, 0.4) is 0 Å². The molecule has 0 saturated carbocycles. The minimum absolute atomic E-state index is 0.248. The summed E-state index contributed by atoms with van der Waals surface area (Å²) in [6.45, 7) is 4.50. The van der Waals surface area contributed by atoms with E-state index in [9.17, 15) is 0 Å². The van der Waals surface area contributed by atoms with Crippen molar-refractivity contribution in [2.75, 3.05) is 24.6 Å². The van der Waals surface area contributed by atoms with Crippen LogP contribution in [-0.2, 0) is 4.74 Å². The number of morpholine rings is 1. The maximum absolute atomic E-state index is 5.79. The molecular weight excluding hydrogens is 202 g/mol. The van der Waals surface area contributed by atoms with Crippen molar-refractivity contribution in [2.45, 2.75) is 13.0 Å². The van der Waals surface area contributed by atoms with Crippen molar-refractivity contribution < 1.29 is 4.74 Å². The van der Waals surface area contributed by atoms with Crippen LogP contribution in [0.2, 0.25) is 5.15 Å². The van der Waals surface area contributed by atoms with Crippen molar-refractivity contribution >= 4 is 17.4 Å². The zero-order valence-electron chi connectivity index (χ0n) is 7.98. The minimum Gasteiger partial charge on any atom is -0.375 e. The molecule has 76 valence electrons. The topological polar surface area (TPSA) is 38.2 Å². The monoisotopic (exact) mass is 213 g/mol. The molecule has 0 N–H and O–H groups in total. The first kappa shape index (κ1) is 9.68. The van der Waals surface area contributed by atoms with Gasteiger partial charge in [-0.25, -0.2) is 9.97 Å². The molecule has 1 aromatic rings. The third kappa shape index (κ3) is 2.13. The molecule has 1 aliphatic heterocycles. The van der Waals surface area contributed by atoms with E-state index in [1.807, 2.05) is 0 Å². The van der Waals surface area contributed by atoms with Crippen LogP contribution in [0.15, 0.2) is 12.4 Å². The van der Waals surface area contributed by atoms with Gasteiger partial charge in [-0.15, -0.1) is 0 Å². The molecule has 0 spiro atoms. The number of anilines is 1. The molecule has 4 nitrogen and oxygen atoms in total. The smallest absolute Gasteiger partial charge is 0.134 e. The number of halogens is 1. The summed E-state index contributed by atoms with van der Waals surface area (Å²) in [5.74, 6) is 0.875. The highest BCUT2D eigenvalue weighted by Crippen LogP contribution is 2.16. The first-order valence-electron chi connectivity index (χ1n) is 4.60. The summed E-state index contributed by atoms with van der Waals surface area (Å²) in [6.07, 6.45) is 1.73. The van der Waals surface area contributed by atoms with E-state index in [0.717, 1.165) is 25.5 Å². The van der Waals surface area contributed by atoms with Gasteiger partial charge in [-0.05, 0) is 6.92 Å². The Morgan fingerprint density at radius 3 is 3.14 bits per heavy atom. The highest BCUT2D eigenvalue weighted by Gasteiger charge is 2.17. The van der Waals surface area contributed by atoms with E-state index in [4.69, 9.17) is 16.3 Å². The standard InChI is InChI=1S/C9H12ClN3O/c1-7-5-13(2-3-14-7)9-4-8(10)11-6-12-9/h4,6-7H,2-3,5H2,1H3/t7-/m0/s1. The van der Waals surface area contributed by atoms with Gasteiger partial charge < -0.3 is 9.64 Å². The lowest BCUT2D eigenvalue weighted by atomic mass is 10.3. The highest BCUT2D eigenvalue weighted by atomic mass is 35.5. The second kappa shape index (κ2) is 4.11. The average molecular weight is 214 g/mol. The van der Waals surface area contributed by atoms with Gasteiger partial charge in [-0.2, -0.15) is 0 Å². The molecule has 0 aliphatic carbocycles. The molecular formula is C9H12ClN3O. The van der Waals surface area contributed by atoms with Crippen LogP contribution in [0, 0.1) is 0 Å². The Morgan fingerprint density at radius 1 is 1.57 bits per heavy atom. The summed E-state index contributed by atoms with van der Waals surface area (Å²) in [5.41, 5.74) is 0. The van der Waals surface area contributed by atoms with Crippen LogP contribution in [0.4, 0.5) is 5.82 Å². The van der Waals surface area contributed by atoms with Gasteiger partial charge in [0.15, 0.2) is 0 Å². The number of rotatable bonds is 1. The Bertz CT molecular complexity index is 321. The molecule has 0 aromatic carbocycles. The number of aromatic nitrogens is 2. The fourth-order valence-corrected chi connectivity index (χ4v) is 1.66. The minimum atomic E-state index is 0.248. The molecule has 5 heteroatoms. The molecule has 1 aliphatic rings. The predicted octanol–water partition coefficient (Wildman–Crippen LogP) is 1.36.